The summed E-state index contributed by atoms with van der Waals surface area (Å²) in [6.45, 7) is 0. The number of hydrogen-bond donors (Lipinski definition) is 1. The first-order chi connectivity index (χ1) is 14.7. The highest BCUT2D eigenvalue weighted by Crippen LogP contribution is 2.34. The summed E-state index contributed by atoms with van der Waals surface area (Å²) < 4.78 is 18.8. The van der Waals surface area contributed by atoms with Gasteiger partial charge in [-0.15, -0.1) is 0 Å². The molecule has 0 unspecified atom stereocenters. The van der Waals surface area contributed by atoms with E-state index in [1.54, 1.807) is 12.1 Å². The van der Waals surface area contributed by atoms with E-state index in [1.807, 2.05) is 24.5 Å². The number of rotatable bonds is 2. The Kier molecular flexibility index (Phi) is 4.80. The lowest BCUT2D eigenvalue weighted by molar-refractivity contribution is -0.510. The molecule has 3 aromatic carbocycles. The third kappa shape index (κ3) is 3.12. The largest absolute Gasteiger partial charge is 1.00 e. The van der Waals surface area contributed by atoms with Gasteiger partial charge in [-0.3, -0.25) is 0 Å². The van der Waals surface area contributed by atoms with Crippen LogP contribution in [0, 0.1) is 5.82 Å². The molecule has 0 amide bonds. The number of aromatic nitrogens is 3. The van der Waals surface area contributed by atoms with Crippen LogP contribution in [-0.2, 0) is 0 Å². The van der Waals surface area contributed by atoms with E-state index in [2.05, 4.69) is 72.5 Å². The number of nitrogens with zero attached hydrogens (tertiary/aromatic N) is 2. The first-order valence-electron chi connectivity index (χ1n) is 9.67. The monoisotopic (exact) mass is 491 g/mol. The molecule has 6 rings (SSSR count). The van der Waals surface area contributed by atoms with Crippen LogP contribution in [0.5, 0.6) is 0 Å². The summed E-state index contributed by atoms with van der Waals surface area (Å²) in [4.78, 5) is 3.61. The lowest BCUT2D eigenvalue weighted by Crippen LogP contribution is -3.00. The molecule has 0 aliphatic heterocycles. The van der Waals surface area contributed by atoms with E-state index in [4.69, 9.17) is 0 Å². The first kappa shape index (κ1) is 19.8. The molecule has 1 N–H and O–H groups in total. The highest BCUT2D eigenvalue weighted by molar-refractivity contribution is 9.10. The number of halogens is 3. The van der Waals surface area contributed by atoms with Crippen molar-refractivity contribution in [2.75, 3.05) is 0 Å². The molecule has 3 aromatic heterocycles. The van der Waals surface area contributed by atoms with Crippen LogP contribution in [0.4, 0.5) is 4.39 Å². The lowest BCUT2D eigenvalue weighted by atomic mass is 10.1. The molecule has 152 valence electrons. The summed E-state index contributed by atoms with van der Waals surface area (Å²) in [6, 6.07) is 25.4. The Balaban J connectivity index is 0.00000204. The molecule has 0 atom stereocenters. The summed E-state index contributed by atoms with van der Waals surface area (Å²) in [5, 5.41) is 2.38. The van der Waals surface area contributed by atoms with E-state index in [9.17, 15) is 4.39 Å². The molecule has 0 saturated heterocycles. The fourth-order valence-electron chi connectivity index (χ4n) is 4.20. The summed E-state index contributed by atoms with van der Waals surface area (Å²) in [5.74, 6) is -0.244. The zero-order valence-corrected chi connectivity index (χ0v) is 18.5. The fraction of sp³-hybridized carbons (Fsp3) is 0. The van der Waals surface area contributed by atoms with Crippen molar-refractivity contribution in [1.29, 1.82) is 0 Å². The standard InChI is InChI=1S/C25H16BrFN3.ClH/c26-17-7-5-16(6-8-17)24-25-23-21(20-3-1-2-4-22(20)28-23)13-14-29(25)15-30(24)19-11-9-18(27)10-12-19;/h1-15,28H;1H/q+1;/p-1. The van der Waals surface area contributed by atoms with E-state index in [1.165, 1.54) is 22.9 Å². The third-order valence-electron chi connectivity index (χ3n) is 5.57. The molecular formula is C25H16BrClFN3. The van der Waals surface area contributed by atoms with E-state index < -0.39 is 0 Å². The minimum Gasteiger partial charge on any atom is -1.00 e. The van der Waals surface area contributed by atoms with Gasteiger partial charge in [0.25, 0.3) is 6.33 Å². The number of aromatic amines is 1. The minimum absolute atomic E-state index is 0. The number of benzene rings is 3. The molecule has 0 fully saturated rings. The Labute approximate surface area is 192 Å². The molecule has 6 aromatic rings. The second kappa shape index (κ2) is 7.52. The van der Waals surface area contributed by atoms with Crippen LogP contribution in [0.25, 0.3) is 44.3 Å². The van der Waals surface area contributed by atoms with Gasteiger partial charge in [-0.05, 0) is 60.7 Å². The van der Waals surface area contributed by atoms with Gasteiger partial charge < -0.3 is 17.4 Å². The van der Waals surface area contributed by atoms with E-state index >= 15 is 0 Å². The van der Waals surface area contributed by atoms with Crippen LogP contribution in [0.3, 0.4) is 0 Å². The van der Waals surface area contributed by atoms with E-state index in [0.29, 0.717) is 0 Å². The number of hydrogen-bond acceptors (Lipinski definition) is 0. The quantitative estimate of drug-likeness (QED) is 0.358. The van der Waals surface area contributed by atoms with Gasteiger partial charge in [0.2, 0.25) is 5.52 Å². The first-order valence-corrected chi connectivity index (χ1v) is 10.5. The molecule has 31 heavy (non-hydrogen) atoms. The zero-order chi connectivity index (χ0) is 20.2. The lowest BCUT2D eigenvalue weighted by Gasteiger charge is -2.03. The number of fused-ring (bicyclic) bond motifs is 5. The molecule has 3 heterocycles. The number of nitrogens with one attached hydrogen (secondary N) is 1. The van der Waals surface area contributed by atoms with Crippen LogP contribution in [0.1, 0.15) is 0 Å². The van der Waals surface area contributed by atoms with Crippen LogP contribution in [0.2, 0.25) is 0 Å². The molecule has 3 nitrogen and oxygen atoms in total. The molecule has 0 saturated carbocycles. The van der Waals surface area contributed by atoms with Crippen molar-refractivity contribution < 1.29 is 21.2 Å². The number of pyridine rings is 1. The summed E-state index contributed by atoms with van der Waals surface area (Å²) in [5.41, 5.74) is 6.30. The second-order valence-corrected chi connectivity index (χ2v) is 8.26. The van der Waals surface area contributed by atoms with Gasteiger partial charge >= 0.3 is 0 Å². The van der Waals surface area contributed by atoms with Crippen LogP contribution in [-0.4, -0.2) is 9.55 Å². The maximum Gasteiger partial charge on any atom is 0.254 e. The van der Waals surface area contributed by atoms with Crippen LogP contribution < -0.4 is 16.8 Å². The molecule has 0 aliphatic rings. The topological polar surface area (TPSA) is 24.8 Å². The predicted molar refractivity (Wildman–Crippen MR) is 121 cm³/mol. The predicted octanol–water partition coefficient (Wildman–Crippen LogP) is 3.42. The third-order valence-corrected chi connectivity index (χ3v) is 6.10. The van der Waals surface area contributed by atoms with Gasteiger partial charge in [0.05, 0.1) is 11.7 Å². The number of para-hydroxylation sites is 1. The molecule has 0 radical (unpaired) electrons. The zero-order valence-electron chi connectivity index (χ0n) is 16.2. The molecule has 0 aliphatic carbocycles. The van der Waals surface area contributed by atoms with Gasteiger partial charge in [-0.25, -0.2) is 4.39 Å². The Morgan fingerprint density at radius 2 is 1.58 bits per heavy atom. The average molecular weight is 493 g/mol. The average Bonchev–Trinajstić information content (AvgIpc) is 3.33. The van der Waals surface area contributed by atoms with Crippen LogP contribution >= 0.6 is 15.9 Å². The normalized spacial score (nSPS) is 11.3. The van der Waals surface area contributed by atoms with E-state index in [-0.39, 0.29) is 18.2 Å². The fourth-order valence-corrected chi connectivity index (χ4v) is 4.46. The van der Waals surface area contributed by atoms with Crippen molar-refractivity contribution in [2.45, 2.75) is 0 Å². The molecule has 0 bridgehead atoms. The molecule has 0 spiro atoms. The summed E-state index contributed by atoms with van der Waals surface area (Å²) >= 11 is 3.53. The van der Waals surface area contributed by atoms with Gasteiger partial charge in [0.15, 0.2) is 5.69 Å². The second-order valence-electron chi connectivity index (χ2n) is 7.35. The highest BCUT2D eigenvalue weighted by Gasteiger charge is 2.24. The van der Waals surface area contributed by atoms with E-state index in [0.717, 1.165) is 38.0 Å². The Bertz CT molecular complexity index is 1550. The van der Waals surface area contributed by atoms with Gasteiger partial charge in [0.1, 0.15) is 11.5 Å². The summed E-state index contributed by atoms with van der Waals surface area (Å²) in [7, 11) is 0. The van der Waals surface area contributed by atoms with Gasteiger partial charge in [-0.1, -0.05) is 34.1 Å². The maximum atomic E-state index is 13.6. The Morgan fingerprint density at radius 3 is 2.35 bits per heavy atom. The SMILES string of the molecule is Fc1ccc(-n2c[n+]3ccc4c5ccccc5[nH]c4c3c2-c2ccc(Br)cc2)cc1.[Cl-]. The van der Waals surface area contributed by atoms with Crippen molar-refractivity contribution in [3.05, 3.63) is 102 Å². The highest BCUT2D eigenvalue weighted by atomic mass is 79.9. The Morgan fingerprint density at radius 1 is 0.839 bits per heavy atom. The Hall–Kier alpha value is -3.15. The molecular weight excluding hydrogens is 477 g/mol. The van der Waals surface area contributed by atoms with Crippen molar-refractivity contribution in [3.63, 3.8) is 0 Å². The van der Waals surface area contributed by atoms with Gasteiger partial charge in [0, 0.05) is 26.3 Å². The summed E-state index contributed by atoms with van der Waals surface area (Å²) in [6.07, 6.45) is 4.13. The van der Waals surface area contributed by atoms with Gasteiger partial charge in [-0.2, -0.15) is 8.97 Å². The van der Waals surface area contributed by atoms with Crippen molar-refractivity contribution >= 4 is 43.3 Å². The number of H-pyrrole nitrogens is 1. The van der Waals surface area contributed by atoms with Crippen molar-refractivity contribution in [3.8, 4) is 16.9 Å². The minimum atomic E-state index is -0.244. The smallest absolute Gasteiger partial charge is 0.254 e. The van der Waals surface area contributed by atoms with Crippen molar-refractivity contribution in [1.82, 2.24) is 9.55 Å². The maximum absolute atomic E-state index is 13.6. The molecule has 6 heteroatoms. The van der Waals surface area contributed by atoms with Crippen molar-refractivity contribution in [2.24, 2.45) is 0 Å². The van der Waals surface area contributed by atoms with Crippen LogP contribution in [0.15, 0.2) is 95.9 Å². The number of imidazole rings is 1.